The summed E-state index contributed by atoms with van der Waals surface area (Å²) in [5.41, 5.74) is 2.05. The zero-order chi connectivity index (χ0) is 26.6. The lowest BCUT2D eigenvalue weighted by atomic mass is 9.89. The number of alkyl halides is 3. The second kappa shape index (κ2) is 11.1. The molecule has 37 heavy (non-hydrogen) atoms. The smallest absolute Gasteiger partial charge is 0.406 e. The van der Waals surface area contributed by atoms with Crippen LogP contribution in [0.2, 0.25) is 0 Å². The monoisotopic (exact) mass is 516 g/mol. The summed E-state index contributed by atoms with van der Waals surface area (Å²) in [4.78, 5) is 17.6. The van der Waals surface area contributed by atoms with Gasteiger partial charge in [0.15, 0.2) is 0 Å². The standard InChI is InChI=1S/C28H25F5N2O2/c1-2-3-15-34-27(36)21-16-24(25-22(29)5-4-6-23(25)30)35-26(21)19-9-7-17(8-10-19)18-11-13-20(14-12-18)37-28(31,32)33/h4-14,21,26H,2-3,15-16H2,1H3,(H,34,36)/t21-,26?/m0/s1. The maximum atomic E-state index is 14.5. The number of benzene rings is 3. The van der Waals surface area contributed by atoms with Crippen LogP contribution >= 0.6 is 0 Å². The number of unbranched alkanes of at least 4 members (excludes halogenated alkanes) is 1. The van der Waals surface area contributed by atoms with Gasteiger partial charge in [0.05, 0.1) is 17.5 Å². The van der Waals surface area contributed by atoms with Crippen LogP contribution in [0.25, 0.3) is 11.1 Å². The minimum Gasteiger partial charge on any atom is -0.406 e. The average Bonchev–Trinajstić information content (AvgIpc) is 3.29. The van der Waals surface area contributed by atoms with E-state index in [4.69, 9.17) is 0 Å². The highest BCUT2D eigenvalue weighted by Crippen LogP contribution is 2.38. The Bertz CT molecular complexity index is 1250. The molecule has 0 saturated heterocycles. The topological polar surface area (TPSA) is 50.7 Å². The number of nitrogens with zero attached hydrogens (tertiary/aromatic N) is 1. The number of aliphatic imine (C=N–C) groups is 1. The van der Waals surface area contributed by atoms with Crippen LogP contribution in [-0.4, -0.2) is 24.5 Å². The lowest BCUT2D eigenvalue weighted by Crippen LogP contribution is -2.33. The van der Waals surface area contributed by atoms with Gasteiger partial charge in [0.25, 0.3) is 0 Å². The van der Waals surface area contributed by atoms with Crippen LogP contribution in [0.1, 0.15) is 43.4 Å². The maximum absolute atomic E-state index is 14.5. The normalized spacial score (nSPS) is 17.4. The molecule has 1 heterocycles. The molecule has 4 nitrogen and oxygen atoms in total. The second-order valence-corrected chi connectivity index (χ2v) is 8.77. The van der Waals surface area contributed by atoms with E-state index in [9.17, 15) is 26.7 Å². The van der Waals surface area contributed by atoms with Crippen molar-refractivity contribution in [2.24, 2.45) is 10.9 Å². The van der Waals surface area contributed by atoms with Crippen molar-refractivity contribution in [1.82, 2.24) is 5.32 Å². The number of rotatable bonds is 8. The number of ether oxygens (including phenoxy) is 1. The second-order valence-electron chi connectivity index (χ2n) is 8.77. The van der Waals surface area contributed by atoms with E-state index in [0.29, 0.717) is 17.7 Å². The minimum absolute atomic E-state index is 0.0862. The highest BCUT2D eigenvalue weighted by atomic mass is 19.4. The predicted octanol–water partition coefficient (Wildman–Crippen LogP) is 7.00. The summed E-state index contributed by atoms with van der Waals surface area (Å²) in [5.74, 6) is -2.68. The number of amides is 1. The highest BCUT2D eigenvalue weighted by Gasteiger charge is 2.37. The number of hydrogen-bond acceptors (Lipinski definition) is 3. The Morgan fingerprint density at radius 3 is 2.14 bits per heavy atom. The van der Waals surface area contributed by atoms with Crippen LogP contribution in [0.5, 0.6) is 5.75 Å². The van der Waals surface area contributed by atoms with Gasteiger partial charge in [-0.1, -0.05) is 55.8 Å². The Morgan fingerprint density at radius 1 is 0.973 bits per heavy atom. The Balaban J connectivity index is 1.60. The first-order valence-corrected chi connectivity index (χ1v) is 11.9. The molecule has 0 saturated carbocycles. The Labute approximate surface area is 211 Å². The zero-order valence-corrected chi connectivity index (χ0v) is 20.0. The maximum Gasteiger partial charge on any atom is 0.573 e. The number of hydrogen-bond donors (Lipinski definition) is 1. The van der Waals surface area contributed by atoms with Gasteiger partial charge in [0.1, 0.15) is 17.4 Å². The minimum atomic E-state index is -4.77. The number of carbonyl (C=O) groups is 1. The summed E-state index contributed by atoms with van der Waals surface area (Å²) in [6.07, 6.45) is -2.97. The quantitative estimate of drug-likeness (QED) is 0.259. The van der Waals surface area contributed by atoms with Crippen LogP contribution in [-0.2, 0) is 4.79 Å². The molecule has 9 heteroatoms. The first-order valence-electron chi connectivity index (χ1n) is 11.9. The molecule has 0 spiro atoms. The Morgan fingerprint density at radius 2 is 1.57 bits per heavy atom. The summed E-state index contributed by atoms with van der Waals surface area (Å²) in [7, 11) is 0. The third-order valence-electron chi connectivity index (χ3n) is 6.18. The van der Waals surface area contributed by atoms with Crippen LogP contribution in [0.3, 0.4) is 0 Å². The van der Waals surface area contributed by atoms with Gasteiger partial charge in [-0.3, -0.25) is 9.79 Å². The van der Waals surface area contributed by atoms with E-state index in [1.807, 2.05) is 6.92 Å². The van der Waals surface area contributed by atoms with Crippen molar-refractivity contribution in [3.8, 4) is 16.9 Å². The molecule has 1 amide bonds. The van der Waals surface area contributed by atoms with E-state index in [-0.39, 0.29) is 29.4 Å². The van der Waals surface area contributed by atoms with Crippen LogP contribution < -0.4 is 10.1 Å². The summed E-state index contributed by atoms with van der Waals surface area (Å²) in [5, 5.41) is 2.89. The molecule has 194 valence electrons. The van der Waals surface area contributed by atoms with Gasteiger partial charge in [-0.2, -0.15) is 0 Å². The van der Waals surface area contributed by atoms with Gasteiger partial charge < -0.3 is 10.1 Å². The Hall–Kier alpha value is -3.75. The fraction of sp³-hybridized carbons (Fsp3) is 0.286. The molecule has 0 aromatic heterocycles. The van der Waals surface area contributed by atoms with Gasteiger partial charge in [0.2, 0.25) is 5.91 Å². The van der Waals surface area contributed by atoms with E-state index in [1.165, 1.54) is 30.3 Å². The van der Waals surface area contributed by atoms with Gasteiger partial charge in [-0.25, -0.2) is 8.78 Å². The average molecular weight is 517 g/mol. The molecule has 0 aliphatic carbocycles. The van der Waals surface area contributed by atoms with Crippen molar-refractivity contribution in [3.05, 3.63) is 89.5 Å². The molecule has 0 bridgehead atoms. The van der Waals surface area contributed by atoms with Crippen LogP contribution in [0.15, 0.2) is 71.7 Å². The lowest BCUT2D eigenvalue weighted by molar-refractivity contribution is -0.274. The van der Waals surface area contributed by atoms with E-state index < -0.39 is 30.0 Å². The number of halogens is 5. The highest BCUT2D eigenvalue weighted by molar-refractivity contribution is 6.05. The lowest BCUT2D eigenvalue weighted by Gasteiger charge is -2.18. The van der Waals surface area contributed by atoms with E-state index >= 15 is 0 Å². The molecule has 0 fully saturated rings. The molecular weight excluding hydrogens is 491 g/mol. The molecule has 3 aromatic rings. The largest absolute Gasteiger partial charge is 0.573 e. The van der Waals surface area contributed by atoms with Crippen molar-refractivity contribution < 1.29 is 31.5 Å². The van der Waals surface area contributed by atoms with E-state index in [2.05, 4.69) is 15.0 Å². The summed E-state index contributed by atoms with van der Waals surface area (Å²) in [6.45, 7) is 2.50. The van der Waals surface area contributed by atoms with E-state index in [1.54, 1.807) is 24.3 Å². The van der Waals surface area contributed by atoms with Gasteiger partial charge in [0, 0.05) is 18.7 Å². The SMILES string of the molecule is CCCCNC(=O)[C@H]1CC(c2c(F)cccc2F)=NC1c1ccc(-c2ccc(OC(F)(F)F)cc2)cc1. The molecule has 4 rings (SSSR count). The molecular formula is C28H25F5N2O2. The Kier molecular flexibility index (Phi) is 7.90. The molecule has 1 unspecified atom stereocenters. The molecule has 1 aliphatic rings. The van der Waals surface area contributed by atoms with Crippen LogP contribution in [0.4, 0.5) is 22.0 Å². The summed E-state index contributed by atoms with van der Waals surface area (Å²) >= 11 is 0. The number of carbonyl (C=O) groups excluding carboxylic acids is 1. The third-order valence-corrected chi connectivity index (χ3v) is 6.18. The third kappa shape index (κ3) is 6.34. The molecule has 1 aliphatic heterocycles. The van der Waals surface area contributed by atoms with Crippen LogP contribution in [0, 0.1) is 17.6 Å². The predicted molar refractivity (Wildman–Crippen MR) is 130 cm³/mol. The first-order chi connectivity index (χ1) is 17.7. The number of nitrogens with one attached hydrogen (secondary N) is 1. The molecule has 0 radical (unpaired) electrons. The van der Waals surface area contributed by atoms with Crippen molar-refractivity contribution >= 4 is 11.6 Å². The summed E-state index contributed by atoms with van der Waals surface area (Å²) < 4.78 is 70.1. The fourth-order valence-electron chi connectivity index (χ4n) is 4.35. The van der Waals surface area contributed by atoms with Crippen molar-refractivity contribution in [2.45, 2.75) is 38.6 Å². The summed E-state index contributed by atoms with van der Waals surface area (Å²) in [6, 6.07) is 15.5. The van der Waals surface area contributed by atoms with Gasteiger partial charge >= 0.3 is 6.36 Å². The van der Waals surface area contributed by atoms with E-state index in [0.717, 1.165) is 30.5 Å². The first kappa shape index (κ1) is 26.3. The van der Waals surface area contributed by atoms with Crippen molar-refractivity contribution in [3.63, 3.8) is 0 Å². The van der Waals surface area contributed by atoms with Crippen molar-refractivity contribution in [2.75, 3.05) is 6.54 Å². The molecule has 1 N–H and O–H groups in total. The fourth-order valence-corrected chi connectivity index (χ4v) is 4.35. The molecule has 3 aromatic carbocycles. The molecule has 2 atom stereocenters. The van der Waals surface area contributed by atoms with Gasteiger partial charge in [-0.15, -0.1) is 13.2 Å². The van der Waals surface area contributed by atoms with Crippen molar-refractivity contribution in [1.29, 1.82) is 0 Å². The van der Waals surface area contributed by atoms with Gasteiger partial charge in [-0.05, 0) is 47.4 Å². The zero-order valence-electron chi connectivity index (χ0n) is 20.0.